The van der Waals surface area contributed by atoms with E-state index in [9.17, 15) is 4.79 Å². The Morgan fingerprint density at radius 3 is 2.18 bits per heavy atom. The van der Waals surface area contributed by atoms with Crippen molar-refractivity contribution in [3.8, 4) is 0 Å². The second kappa shape index (κ2) is 6.97. The number of thioether (sulfide) groups is 2. The summed E-state index contributed by atoms with van der Waals surface area (Å²) in [5, 5.41) is 0. The van der Waals surface area contributed by atoms with Gasteiger partial charge in [-0.25, -0.2) is 0 Å². The van der Waals surface area contributed by atoms with E-state index in [1.165, 1.54) is 5.56 Å². The summed E-state index contributed by atoms with van der Waals surface area (Å²) in [5.41, 5.74) is 2.19. The first-order valence-corrected chi connectivity index (χ1v) is 8.15. The molecule has 0 bridgehead atoms. The lowest BCUT2D eigenvalue weighted by Crippen LogP contribution is -2.36. The van der Waals surface area contributed by atoms with E-state index in [1.807, 2.05) is 48.6 Å². The van der Waals surface area contributed by atoms with E-state index in [4.69, 9.17) is 0 Å². The van der Waals surface area contributed by atoms with Crippen LogP contribution in [0.15, 0.2) is 24.3 Å². The molecule has 0 spiro atoms. The van der Waals surface area contributed by atoms with Crippen LogP contribution in [0.5, 0.6) is 0 Å². The van der Waals surface area contributed by atoms with Crippen LogP contribution in [0.25, 0.3) is 0 Å². The van der Waals surface area contributed by atoms with Gasteiger partial charge >= 0.3 is 0 Å². The molecule has 0 aliphatic carbocycles. The third kappa shape index (κ3) is 3.68. The van der Waals surface area contributed by atoms with Gasteiger partial charge in [-0.15, -0.1) is 23.5 Å². The predicted octanol–water partition coefficient (Wildman–Crippen LogP) is 3.40. The van der Waals surface area contributed by atoms with Gasteiger partial charge in [-0.05, 0) is 38.5 Å². The summed E-state index contributed by atoms with van der Waals surface area (Å²) in [4.78, 5) is 14.2. The number of amides is 1. The summed E-state index contributed by atoms with van der Waals surface area (Å²) in [6.45, 7) is 4.77. The highest BCUT2D eigenvalue weighted by Gasteiger charge is 2.22. The molecule has 0 aromatic heterocycles. The average Bonchev–Trinajstić information content (AvgIpc) is 2.34. The maximum absolute atomic E-state index is 12.3. The number of nitrogens with zero attached hydrogens (tertiary/aromatic N) is 1. The summed E-state index contributed by atoms with van der Waals surface area (Å²) in [6, 6.07) is 8.10. The summed E-state index contributed by atoms with van der Waals surface area (Å²) in [6.07, 6.45) is 3.95. The fraction of sp³-hybridized carbons (Fsp3) is 0.462. The minimum absolute atomic E-state index is 0.0174. The zero-order valence-electron chi connectivity index (χ0n) is 10.8. The highest BCUT2D eigenvalue weighted by atomic mass is 32.2. The molecule has 0 unspecified atom stereocenters. The van der Waals surface area contributed by atoms with Crippen LogP contribution in [0.2, 0.25) is 0 Å². The standard InChI is InChI=1S/C13H19NOS2/c1-5-14(12(15)13(16-3)17-4)11-8-6-10(2)7-9-11/h6-9,13H,5H2,1-4H3. The highest BCUT2D eigenvalue weighted by molar-refractivity contribution is 8.17. The zero-order valence-corrected chi connectivity index (χ0v) is 12.4. The Bertz CT molecular complexity index is 360. The minimum Gasteiger partial charge on any atom is -0.311 e. The van der Waals surface area contributed by atoms with Gasteiger partial charge in [0.05, 0.1) is 0 Å². The van der Waals surface area contributed by atoms with Gasteiger partial charge in [0.1, 0.15) is 4.58 Å². The largest absolute Gasteiger partial charge is 0.311 e. The molecule has 0 saturated heterocycles. The van der Waals surface area contributed by atoms with E-state index in [0.29, 0.717) is 6.54 Å². The molecule has 1 aromatic rings. The van der Waals surface area contributed by atoms with E-state index in [-0.39, 0.29) is 10.5 Å². The molecule has 4 heteroatoms. The van der Waals surface area contributed by atoms with Crippen LogP contribution in [-0.2, 0) is 4.79 Å². The summed E-state index contributed by atoms with van der Waals surface area (Å²) in [7, 11) is 0. The molecule has 0 atom stereocenters. The van der Waals surface area contributed by atoms with E-state index in [0.717, 1.165) is 5.69 Å². The van der Waals surface area contributed by atoms with Gasteiger partial charge in [0.15, 0.2) is 0 Å². The predicted molar refractivity (Wildman–Crippen MR) is 80.0 cm³/mol. The van der Waals surface area contributed by atoms with Crippen LogP contribution in [0.1, 0.15) is 12.5 Å². The van der Waals surface area contributed by atoms with E-state index in [1.54, 1.807) is 23.5 Å². The van der Waals surface area contributed by atoms with Gasteiger partial charge in [-0.1, -0.05) is 17.7 Å². The first-order chi connectivity index (χ1) is 8.13. The van der Waals surface area contributed by atoms with Crippen LogP contribution < -0.4 is 4.90 Å². The quantitative estimate of drug-likeness (QED) is 0.764. The molecule has 0 N–H and O–H groups in total. The lowest BCUT2D eigenvalue weighted by Gasteiger charge is -2.24. The first-order valence-electron chi connectivity index (χ1n) is 5.57. The van der Waals surface area contributed by atoms with Crippen molar-refractivity contribution in [3.63, 3.8) is 0 Å². The molecule has 0 heterocycles. The number of hydrogen-bond donors (Lipinski definition) is 0. The van der Waals surface area contributed by atoms with E-state index >= 15 is 0 Å². The second-order valence-corrected chi connectivity index (χ2v) is 5.91. The summed E-state index contributed by atoms with van der Waals surface area (Å²) in [5.74, 6) is 0.177. The van der Waals surface area contributed by atoms with Crippen molar-refractivity contribution >= 4 is 35.1 Å². The molecule has 0 aliphatic heterocycles. The molecule has 1 rings (SSSR count). The Labute approximate surface area is 112 Å². The van der Waals surface area contributed by atoms with Crippen molar-refractivity contribution in [1.82, 2.24) is 0 Å². The minimum atomic E-state index is -0.0174. The number of carbonyl (C=O) groups is 1. The molecular weight excluding hydrogens is 250 g/mol. The molecule has 94 valence electrons. The van der Waals surface area contributed by atoms with E-state index < -0.39 is 0 Å². The number of anilines is 1. The van der Waals surface area contributed by atoms with Gasteiger partial charge in [0, 0.05) is 12.2 Å². The fourth-order valence-corrected chi connectivity index (χ4v) is 3.04. The van der Waals surface area contributed by atoms with Crippen molar-refractivity contribution in [3.05, 3.63) is 29.8 Å². The highest BCUT2D eigenvalue weighted by Crippen LogP contribution is 2.24. The van der Waals surface area contributed by atoms with Gasteiger partial charge in [-0.3, -0.25) is 4.79 Å². The monoisotopic (exact) mass is 269 g/mol. The number of aryl methyl sites for hydroxylation is 1. The van der Waals surface area contributed by atoms with Gasteiger partial charge < -0.3 is 4.90 Å². The first kappa shape index (κ1) is 14.5. The van der Waals surface area contributed by atoms with E-state index in [2.05, 4.69) is 6.92 Å². The molecule has 0 saturated carbocycles. The molecule has 17 heavy (non-hydrogen) atoms. The Kier molecular flexibility index (Phi) is 5.92. The molecule has 0 aliphatic rings. The third-order valence-corrected chi connectivity index (χ3v) is 4.97. The topological polar surface area (TPSA) is 20.3 Å². The van der Waals surface area contributed by atoms with Crippen molar-refractivity contribution < 1.29 is 4.79 Å². The Balaban J connectivity index is 2.91. The number of carbonyl (C=O) groups excluding carboxylic acids is 1. The number of hydrogen-bond acceptors (Lipinski definition) is 3. The van der Waals surface area contributed by atoms with Crippen molar-refractivity contribution in [2.45, 2.75) is 18.4 Å². The lowest BCUT2D eigenvalue weighted by atomic mass is 10.2. The van der Waals surface area contributed by atoms with Crippen LogP contribution in [0.4, 0.5) is 5.69 Å². The molecular formula is C13H19NOS2. The van der Waals surface area contributed by atoms with Gasteiger partial charge in [0.25, 0.3) is 0 Å². The van der Waals surface area contributed by atoms with Crippen LogP contribution in [-0.4, -0.2) is 29.5 Å². The smallest absolute Gasteiger partial charge is 0.250 e. The van der Waals surface area contributed by atoms with Gasteiger partial charge in [-0.2, -0.15) is 0 Å². The fourth-order valence-electron chi connectivity index (χ4n) is 1.62. The lowest BCUT2D eigenvalue weighted by molar-refractivity contribution is -0.116. The average molecular weight is 269 g/mol. The van der Waals surface area contributed by atoms with Crippen LogP contribution in [0, 0.1) is 6.92 Å². The normalized spacial score (nSPS) is 10.6. The maximum Gasteiger partial charge on any atom is 0.250 e. The van der Waals surface area contributed by atoms with Crippen molar-refractivity contribution in [2.75, 3.05) is 24.0 Å². The Morgan fingerprint density at radius 2 is 1.76 bits per heavy atom. The molecule has 2 nitrogen and oxygen atoms in total. The van der Waals surface area contributed by atoms with Crippen molar-refractivity contribution in [1.29, 1.82) is 0 Å². The summed E-state index contributed by atoms with van der Waals surface area (Å²) < 4.78 is -0.0174. The van der Waals surface area contributed by atoms with Crippen molar-refractivity contribution in [2.24, 2.45) is 0 Å². The maximum atomic E-state index is 12.3. The molecule has 0 radical (unpaired) electrons. The Morgan fingerprint density at radius 1 is 1.24 bits per heavy atom. The molecule has 0 fully saturated rings. The number of rotatable bonds is 5. The zero-order chi connectivity index (χ0) is 12.8. The third-order valence-electron chi connectivity index (χ3n) is 2.56. The summed E-state index contributed by atoms with van der Waals surface area (Å²) >= 11 is 3.18. The SMILES string of the molecule is CCN(C(=O)C(SC)SC)c1ccc(C)cc1. The van der Waals surface area contributed by atoms with Crippen LogP contribution in [0.3, 0.4) is 0 Å². The van der Waals surface area contributed by atoms with Crippen LogP contribution >= 0.6 is 23.5 Å². The number of benzene rings is 1. The van der Waals surface area contributed by atoms with Gasteiger partial charge in [0.2, 0.25) is 5.91 Å². The molecule has 1 amide bonds. The second-order valence-electron chi connectivity index (χ2n) is 3.72. The Hall–Kier alpha value is -0.610. The molecule has 1 aromatic carbocycles.